The molecule has 17 heavy (non-hydrogen) atoms. The Hall–Kier alpha value is 0. The molecule has 0 spiro atoms. The zero-order valence-electron chi connectivity index (χ0n) is 11.9. The summed E-state index contributed by atoms with van der Waals surface area (Å²) in [5.41, 5.74) is 0. The molecule has 2 fully saturated rings. The molecule has 100 valence electrons. The molecule has 0 bridgehead atoms. The van der Waals surface area contributed by atoms with Crippen molar-refractivity contribution < 1.29 is 0 Å². The van der Waals surface area contributed by atoms with Gasteiger partial charge in [0, 0.05) is 0 Å². The Morgan fingerprint density at radius 2 is 1.24 bits per heavy atom. The van der Waals surface area contributed by atoms with Crippen molar-refractivity contribution in [1.29, 1.82) is 0 Å². The summed E-state index contributed by atoms with van der Waals surface area (Å²) in [6.07, 6.45) is 19.8. The normalized spacial score (nSPS) is 33.7. The maximum Gasteiger partial charge on any atom is -0.0383 e. The van der Waals surface area contributed by atoms with Crippen LogP contribution in [0.3, 0.4) is 0 Å². The average molecular weight is 236 g/mol. The lowest BCUT2D eigenvalue weighted by atomic mass is 9.81. The molecule has 0 aliphatic heterocycles. The molecule has 0 saturated heterocycles. The molecular weight excluding hydrogens is 204 g/mol. The van der Waals surface area contributed by atoms with Crippen molar-refractivity contribution in [2.75, 3.05) is 0 Å². The summed E-state index contributed by atoms with van der Waals surface area (Å²) in [7, 11) is 0. The van der Waals surface area contributed by atoms with E-state index in [-0.39, 0.29) is 0 Å². The van der Waals surface area contributed by atoms with Crippen molar-refractivity contribution in [3.8, 4) is 0 Å². The van der Waals surface area contributed by atoms with E-state index in [4.69, 9.17) is 0 Å². The molecule has 2 aliphatic carbocycles. The van der Waals surface area contributed by atoms with Crippen molar-refractivity contribution in [2.24, 2.45) is 17.8 Å². The highest BCUT2D eigenvalue weighted by atomic mass is 14.3. The molecule has 0 aromatic heterocycles. The Balaban J connectivity index is 1.79. The number of rotatable bonds is 2. The Labute approximate surface area is 109 Å². The van der Waals surface area contributed by atoms with E-state index in [0.717, 1.165) is 17.8 Å². The quantitative estimate of drug-likeness (QED) is 0.555. The SMILES string of the molecule is CCC1CCC(C2CCCCCCCCC2)C1. The number of hydrogen-bond donors (Lipinski definition) is 0. The summed E-state index contributed by atoms with van der Waals surface area (Å²) < 4.78 is 0. The van der Waals surface area contributed by atoms with Gasteiger partial charge in [-0.1, -0.05) is 77.6 Å². The smallest absolute Gasteiger partial charge is 0.0383 e. The Bertz CT molecular complexity index is 186. The van der Waals surface area contributed by atoms with Gasteiger partial charge in [0.25, 0.3) is 0 Å². The fraction of sp³-hybridized carbons (Fsp3) is 1.00. The summed E-state index contributed by atoms with van der Waals surface area (Å²) >= 11 is 0. The molecule has 2 aliphatic rings. The van der Waals surface area contributed by atoms with Gasteiger partial charge in [0.05, 0.1) is 0 Å². The van der Waals surface area contributed by atoms with Crippen molar-refractivity contribution in [3.05, 3.63) is 0 Å². The molecule has 0 aromatic carbocycles. The lowest BCUT2D eigenvalue weighted by molar-refractivity contribution is 0.268. The van der Waals surface area contributed by atoms with Crippen molar-refractivity contribution in [2.45, 2.75) is 90.4 Å². The van der Waals surface area contributed by atoms with Crippen LogP contribution in [0.15, 0.2) is 0 Å². The van der Waals surface area contributed by atoms with E-state index in [2.05, 4.69) is 6.92 Å². The zero-order chi connectivity index (χ0) is 11.9. The van der Waals surface area contributed by atoms with Crippen LogP contribution in [0.4, 0.5) is 0 Å². The van der Waals surface area contributed by atoms with Gasteiger partial charge in [0.15, 0.2) is 0 Å². The third kappa shape index (κ3) is 4.30. The van der Waals surface area contributed by atoms with E-state index in [9.17, 15) is 0 Å². The maximum atomic E-state index is 2.39. The first-order valence-corrected chi connectivity index (χ1v) is 8.40. The fourth-order valence-corrected chi connectivity index (χ4v) is 4.23. The highest BCUT2D eigenvalue weighted by Crippen LogP contribution is 2.41. The van der Waals surface area contributed by atoms with Crippen LogP contribution >= 0.6 is 0 Å². The lowest BCUT2D eigenvalue weighted by Gasteiger charge is -2.25. The summed E-state index contributed by atoms with van der Waals surface area (Å²) in [6, 6.07) is 0. The third-order valence-electron chi connectivity index (χ3n) is 5.48. The first kappa shape index (κ1) is 13.4. The van der Waals surface area contributed by atoms with Crippen LogP contribution in [-0.4, -0.2) is 0 Å². The molecule has 0 aromatic rings. The van der Waals surface area contributed by atoms with Gasteiger partial charge in [-0.25, -0.2) is 0 Å². The van der Waals surface area contributed by atoms with Gasteiger partial charge in [-0.05, 0) is 30.6 Å². The predicted molar refractivity (Wildman–Crippen MR) is 76.2 cm³/mol. The summed E-state index contributed by atoms with van der Waals surface area (Å²) in [6.45, 7) is 2.39. The Kier molecular flexibility index (Phi) is 5.88. The molecule has 0 heterocycles. The summed E-state index contributed by atoms with van der Waals surface area (Å²) in [4.78, 5) is 0. The molecule has 2 saturated carbocycles. The minimum absolute atomic E-state index is 1.08. The summed E-state index contributed by atoms with van der Waals surface area (Å²) in [5, 5.41) is 0. The van der Waals surface area contributed by atoms with Crippen LogP contribution in [0.2, 0.25) is 0 Å². The molecule has 2 rings (SSSR count). The van der Waals surface area contributed by atoms with Gasteiger partial charge < -0.3 is 0 Å². The van der Waals surface area contributed by atoms with E-state index in [1.807, 2.05) is 0 Å². The van der Waals surface area contributed by atoms with Crippen molar-refractivity contribution in [3.63, 3.8) is 0 Å². The van der Waals surface area contributed by atoms with Crippen LogP contribution < -0.4 is 0 Å². The van der Waals surface area contributed by atoms with Crippen LogP contribution in [-0.2, 0) is 0 Å². The molecule has 0 radical (unpaired) electrons. The highest BCUT2D eigenvalue weighted by Gasteiger charge is 2.29. The van der Waals surface area contributed by atoms with E-state index in [1.165, 1.54) is 57.8 Å². The highest BCUT2D eigenvalue weighted by molar-refractivity contribution is 4.80. The monoisotopic (exact) mass is 236 g/mol. The van der Waals surface area contributed by atoms with E-state index in [1.54, 1.807) is 25.7 Å². The van der Waals surface area contributed by atoms with E-state index in [0.29, 0.717) is 0 Å². The lowest BCUT2D eigenvalue weighted by Crippen LogP contribution is -2.13. The van der Waals surface area contributed by atoms with Crippen LogP contribution in [0.5, 0.6) is 0 Å². The number of hydrogen-bond acceptors (Lipinski definition) is 0. The van der Waals surface area contributed by atoms with Crippen LogP contribution in [0.25, 0.3) is 0 Å². The molecule has 2 atom stereocenters. The Morgan fingerprint density at radius 1 is 0.647 bits per heavy atom. The minimum Gasteiger partial charge on any atom is -0.0651 e. The summed E-state index contributed by atoms with van der Waals surface area (Å²) in [5.74, 6) is 3.29. The molecule has 0 heteroatoms. The van der Waals surface area contributed by atoms with Crippen LogP contribution in [0, 0.1) is 17.8 Å². The predicted octanol–water partition coefficient (Wildman–Crippen LogP) is 5.95. The molecule has 0 N–H and O–H groups in total. The van der Waals surface area contributed by atoms with Crippen molar-refractivity contribution in [1.82, 2.24) is 0 Å². The zero-order valence-corrected chi connectivity index (χ0v) is 11.9. The van der Waals surface area contributed by atoms with Gasteiger partial charge in [-0.3, -0.25) is 0 Å². The molecule has 0 nitrogen and oxygen atoms in total. The van der Waals surface area contributed by atoms with Gasteiger partial charge >= 0.3 is 0 Å². The Morgan fingerprint density at radius 3 is 1.76 bits per heavy atom. The maximum absolute atomic E-state index is 2.39. The topological polar surface area (TPSA) is 0 Å². The molecular formula is C17H32. The standard InChI is InChI=1S/C17H32/c1-2-15-12-13-17(14-15)16-10-8-6-4-3-5-7-9-11-16/h15-17H,2-14H2,1H3. The fourth-order valence-electron chi connectivity index (χ4n) is 4.23. The first-order valence-electron chi connectivity index (χ1n) is 8.40. The largest absolute Gasteiger partial charge is 0.0651 e. The van der Waals surface area contributed by atoms with E-state index >= 15 is 0 Å². The minimum atomic E-state index is 1.08. The van der Waals surface area contributed by atoms with Gasteiger partial charge in [0.1, 0.15) is 0 Å². The van der Waals surface area contributed by atoms with Crippen LogP contribution in [0.1, 0.15) is 90.4 Å². The second kappa shape index (κ2) is 7.44. The van der Waals surface area contributed by atoms with Crippen molar-refractivity contribution >= 4 is 0 Å². The average Bonchev–Trinajstić information content (AvgIpc) is 2.84. The first-order chi connectivity index (χ1) is 8.40. The second-order valence-electron chi connectivity index (χ2n) is 6.66. The van der Waals surface area contributed by atoms with Gasteiger partial charge in [0.2, 0.25) is 0 Å². The van der Waals surface area contributed by atoms with E-state index < -0.39 is 0 Å². The van der Waals surface area contributed by atoms with Gasteiger partial charge in [-0.2, -0.15) is 0 Å². The van der Waals surface area contributed by atoms with Gasteiger partial charge in [-0.15, -0.1) is 0 Å². The molecule has 0 amide bonds. The second-order valence-corrected chi connectivity index (χ2v) is 6.66. The molecule has 2 unspecified atom stereocenters. The third-order valence-corrected chi connectivity index (χ3v) is 5.48.